The fourth-order valence-corrected chi connectivity index (χ4v) is 3.63. The molecule has 3 rings (SSSR count). The van der Waals surface area contributed by atoms with Crippen molar-refractivity contribution >= 4 is 29.1 Å². The average Bonchev–Trinajstić information content (AvgIpc) is 3.04. The van der Waals surface area contributed by atoms with E-state index < -0.39 is 11.8 Å². The van der Waals surface area contributed by atoms with Gasteiger partial charge >= 0.3 is 0 Å². The molecule has 0 saturated carbocycles. The van der Waals surface area contributed by atoms with E-state index in [1.165, 1.54) is 0 Å². The van der Waals surface area contributed by atoms with Crippen LogP contribution >= 0.6 is 11.3 Å². The van der Waals surface area contributed by atoms with Gasteiger partial charge in [-0.05, 0) is 43.0 Å². The second-order valence-electron chi connectivity index (χ2n) is 6.02. The summed E-state index contributed by atoms with van der Waals surface area (Å²) in [6, 6.07) is 7.14. The van der Waals surface area contributed by atoms with Gasteiger partial charge in [0.25, 0.3) is 11.8 Å². The molecule has 3 amide bonds. The van der Waals surface area contributed by atoms with Crippen LogP contribution in [0.1, 0.15) is 36.7 Å². The molecule has 0 saturated heterocycles. The summed E-state index contributed by atoms with van der Waals surface area (Å²) in [6.07, 6.45) is 0. The molecule has 1 aliphatic heterocycles. The predicted octanol–water partition coefficient (Wildman–Crippen LogP) is 2.62. The number of aryl methyl sites for hydroxylation is 2. The Balaban J connectivity index is 1.72. The Kier molecular flexibility index (Phi) is 4.24. The van der Waals surface area contributed by atoms with Crippen LogP contribution in [0.25, 0.3) is 0 Å². The summed E-state index contributed by atoms with van der Waals surface area (Å²) in [7, 11) is 1.68. The summed E-state index contributed by atoms with van der Waals surface area (Å²) >= 11 is 1.59. The van der Waals surface area contributed by atoms with Crippen LogP contribution in [0, 0.1) is 13.8 Å². The van der Waals surface area contributed by atoms with Crippen molar-refractivity contribution in [2.45, 2.75) is 20.4 Å². The van der Waals surface area contributed by atoms with Crippen LogP contribution in [0.4, 0.5) is 0 Å². The molecule has 0 radical (unpaired) electrons. The van der Waals surface area contributed by atoms with Crippen molar-refractivity contribution in [3.63, 3.8) is 0 Å². The van der Waals surface area contributed by atoms with Crippen LogP contribution in [0.15, 0.2) is 29.6 Å². The van der Waals surface area contributed by atoms with E-state index in [0.717, 1.165) is 20.9 Å². The largest absolute Gasteiger partial charge is 0.339 e. The van der Waals surface area contributed by atoms with Crippen LogP contribution in [0.5, 0.6) is 0 Å². The maximum atomic E-state index is 12.4. The van der Waals surface area contributed by atoms with Gasteiger partial charge in [0.1, 0.15) is 6.54 Å². The molecule has 0 fully saturated rings. The number of hydrogen-bond donors (Lipinski definition) is 0. The highest BCUT2D eigenvalue weighted by Crippen LogP contribution is 2.24. The molecule has 0 spiro atoms. The highest BCUT2D eigenvalue weighted by atomic mass is 32.1. The maximum Gasteiger partial charge on any atom is 0.262 e. The van der Waals surface area contributed by atoms with Gasteiger partial charge in [-0.3, -0.25) is 19.3 Å². The van der Waals surface area contributed by atoms with E-state index >= 15 is 0 Å². The number of hydrogen-bond acceptors (Lipinski definition) is 4. The van der Waals surface area contributed by atoms with Gasteiger partial charge in [0.05, 0.1) is 17.7 Å². The number of nitrogens with zero attached hydrogens (tertiary/aromatic N) is 2. The molecule has 1 aromatic heterocycles. The molecular weight excluding hydrogens is 324 g/mol. The van der Waals surface area contributed by atoms with Gasteiger partial charge in [0.2, 0.25) is 5.91 Å². The Morgan fingerprint density at radius 2 is 1.83 bits per heavy atom. The number of rotatable bonds is 4. The number of benzene rings is 1. The summed E-state index contributed by atoms with van der Waals surface area (Å²) in [6.45, 7) is 4.11. The average molecular weight is 342 g/mol. The Morgan fingerprint density at radius 1 is 1.12 bits per heavy atom. The Bertz CT molecular complexity index is 841. The molecule has 1 aromatic carbocycles. The minimum atomic E-state index is -0.399. The predicted molar refractivity (Wildman–Crippen MR) is 92.1 cm³/mol. The number of carbonyl (C=O) groups is 3. The van der Waals surface area contributed by atoms with E-state index in [1.54, 1.807) is 41.5 Å². The Hall–Kier alpha value is -2.47. The van der Waals surface area contributed by atoms with Gasteiger partial charge in [-0.1, -0.05) is 11.6 Å². The first-order chi connectivity index (χ1) is 11.4. The van der Waals surface area contributed by atoms with Gasteiger partial charge in [-0.25, -0.2) is 0 Å². The highest BCUT2D eigenvalue weighted by molar-refractivity contribution is 7.10. The van der Waals surface area contributed by atoms with Crippen LogP contribution in [-0.2, 0) is 11.3 Å². The Morgan fingerprint density at radius 3 is 2.50 bits per heavy atom. The molecule has 0 atom stereocenters. The molecule has 2 heterocycles. The van der Waals surface area contributed by atoms with Crippen LogP contribution in [-0.4, -0.2) is 41.1 Å². The molecule has 0 aliphatic carbocycles. The van der Waals surface area contributed by atoms with Crippen molar-refractivity contribution in [3.8, 4) is 0 Å². The molecule has 6 heteroatoms. The van der Waals surface area contributed by atoms with Crippen molar-refractivity contribution in [2.24, 2.45) is 0 Å². The van der Waals surface area contributed by atoms with E-state index in [9.17, 15) is 14.4 Å². The fourth-order valence-electron chi connectivity index (χ4n) is 2.67. The molecule has 124 valence electrons. The van der Waals surface area contributed by atoms with Crippen molar-refractivity contribution in [1.29, 1.82) is 0 Å². The summed E-state index contributed by atoms with van der Waals surface area (Å²) in [4.78, 5) is 40.9. The molecule has 5 nitrogen and oxygen atoms in total. The first-order valence-electron chi connectivity index (χ1n) is 7.62. The van der Waals surface area contributed by atoms with E-state index in [1.807, 2.05) is 25.3 Å². The maximum absolute atomic E-state index is 12.4. The van der Waals surface area contributed by atoms with Crippen molar-refractivity contribution in [1.82, 2.24) is 9.80 Å². The molecule has 1 aliphatic rings. The van der Waals surface area contributed by atoms with Gasteiger partial charge in [-0.2, -0.15) is 0 Å². The SMILES string of the molecule is Cc1ccc2c(c1)C(=O)N(CC(=O)N(C)Cc1sccc1C)C2=O. The standard InChI is InChI=1S/C18H18N2O3S/c1-11-4-5-13-14(8-11)18(23)20(17(13)22)10-16(21)19(3)9-15-12(2)6-7-24-15/h4-8H,9-10H2,1-3H3. The number of amides is 3. The molecular formula is C18H18N2O3S. The quantitative estimate of drug-likeness (QED) is 0.803. The molecule has 0 unspecified atom stereocenters. The van der Waals surface area contributed by atoms with Gasteiger partial charge in [0.15, 0.2) is 0 Å². The van der Waals surface area contributed by atoms with Gasteiger partial charge in [0, 0.05) is 11.9 Å². The molecule has 24 heavy (non-hydrogen) atoms. The number of thiophene rings is 1. The third kappa shape index (κ3) is 2.85. The van der Waals surface area contributed by atoms with Crippen LogP contribution in [0.3, 0.4) is 0 Å². The third-order valence-corrected chi connectivity index (χ3v) is 5.20. The summed E-state index contributed by atoms with van der Waals surface area (Å²) < 4.78 is 0. The zero-order valence-electron chi connectivity index (χ0n) is 13.8. The lowest BCUT2D eigenvalue weighted by molar-refractivity contribution is -0.130. The third-order valence-electron chi connectivity index (χ3n) is 4.19. The minimum Gasteiger partial charge on any atom is -0.339 e. The van der Waals surface area contributed by atoms with E-state index in [4.69, 9.17) is 0 Å². The second-order valence-corrected chi connectivity index (χ2v) is 7.02. The van der Waals surface area contributed by atoms with Crippen molar-refractivity contribution in [2.75, 3.05) is 13.6 Å². The van der Waals surface area contributed by atoms with Gasteiger partial charge < -0.3 is 4.90 Å². The smallest absolute Gasteiger partial charge is 0.262 e. The summed E-state index contributed by atoms with van der Waals surface area (Å²) in [5.41, 5.74) is 2.80. The van der Waals surface area contributed by atoms with E-state index in [0.29, 0.717) is 17.7 Å². The highest BCUT2D eigenvalue weighted by Gasteiger charge is 2.37. The summed E-state index contributed by atoms with van der Waals surface area (Å²) in [5.74, 6) is -1.05. The molecule has 0 bridgehead atoms. The van der Waals surface area contributed by atoms with Crippen molar-refractivity contribution in [3.05, 3.63) is 56.8 Å². The summed E-state index contributed by atoms with van der Waals surface area (Å²) in [5, 5.41) is 1.98. The zero-order chi connectivity index (χ0) is 17.4. The van der Waals surface area contributed by atoms with Gasteiger partial charge in [-0.15, -0.1) is 11.3 Å². The van der Waals surface area contributed by atoms with Crippen molar-refractivity contribution < 1.29 is 14.4 Å². The second kappa shape index (κ2) is 6.20. The topological polar surface area (TPSA) is 57.7 Å². The first-order valence-corrected chi connectivity index (χ1v) is 8.50. The Labute approximate surface area is 144 Å². The number of imide groups is 1. The normalized spacial score (nSPS) is 13.4. The monoisotopic (exact) mass is 342 g/mol. The van der Waals surface area contributed by atoms with Crippen LogP contribution in [0.2, 0.25) is 0 Å². The van der Waals surface area contributed by atoms with E-state index in [2.05, 4.69) is 0 Å². The lowest BCUT2D eigenvalue weighted by atomic mass is 10.1. The lowest BCUT2D eigenvalue weighted by Gasteiger charge is -2.20. The fraction of sp³-hybridized carbons (Fsp3) is 0.278. The van der Waals surface area contributed by atoms with E-state index in [-0.39, 0.29) is 12.5 Å². The molecule has 2 aromatic rings. The molecule has 0 N–H and O–H groups in total. The number of likely N-dealkylation sites (N-methyl/N-ethyl adjacent to an activating group) is 1. The zero-order valence-corrected chi connectivity index (χ0v) is 14.6. The minimum absolute atomic E-state index is 0.230. The van der Waals surface area contributed by atoms with Crippen LogP contribution < -0.4 is 0 Å². The first kappa shape index (κ1) is 16.4. The number of fused-ring (bicyclic) bond motifs is 1. The number of carbonyl (C=O) groups excluding carboxylic acids is 3. The lowest BCUT2D eigenvalue weighted by Crippen LogP contribution is -2.40.